The maximum absolute atomic E-state index is 13.5. The second kappa shape index (κ2) is 5.30. The fourth-order valence-corrected chi connectivity index (χ4v) is 3.59. The van der Waals surface area contributed by atoms with Gasteiger partial charge in [0.1, 0.15) is 11.9 Å². The quantitative estimate of drug-likeness (QED) is 0.867. The number of aliphatic hydroxyl groups is 1. The molecule has 3 atom stereocenters. The molecule has 3 unspecified atom stereocenters. The van der Waals surface area contributed by atoms with Crippen molar-refractivity contribution in [2.45, 2.75) is 44.2 Å². The fourth-order valence-electron chi connectivity index (χ4n) is 3.59. The summed E-state index contributed by atoms with van der Waals surface area (Å²) < 4.78 is 13.5. The molecule has 1 saturated heterocycles. The van der Waals surface area contributed by atoms with Gasteiger partial charge in [0.25, 0.3) is 0 Å². The van der Waals surface area contributed by atoms with E-state index in [2.05, 4.69) is 0 Å². The standard InChI is InChI=1S/C17H20FN2O3/c1-16(23)5-7-17(8-6-16)10-13(14(19)21)20(15(17)22)12-4-2-3-11(18)9-12/h2-5,9,13,23H,6-8,10H2,1H3,(H2,19,21). The summed E-state index contributed by atoms with van der Waals surface area (Å²) in [7, 11) is 0. The third-order valence-corrected chi connectivity index (χ3v) is 5.03. The Morgan fingerprint density at radius 3 is 2.74 bits per heavy atom. The van der Waals surface area contributed by atoms with Crippen LogP contribution >= 0.6 is 0 Å². The number of rotatable bonds is 2. The number of nitrogens with two attached hydrogens (primary N) is 1. The highest BCUT2D eigenvalue weighted by Gasteiger charge is 2.56. The largest absolute Gasteiger partial charge is 0.390 e. The van der Waals surface area contributed by atoms with Crippen LogP contribution in [-0.2, 0) is 9.59 Å². The Morgan fingerprint density at radius 2 is 2.17 bits per heavy atom. The van der Waals surface area contributed by atoms with E-state index in [-0.39, 0.29) is 5.91 Å². The minimum atomic E-state index is -0.903. The van der Waals surface area contributed by atoms with Gasteiger partial charge in [0.2, 0.25) is 11.8 Å². The highest BCUT2D eigenvalue weighted by Crippen LogP contribution is 2.50. The van der Waals surface area contributed by atoms with E-state index < -0.39 is 28.8 Å². The lowest BCUT2D eigenvalue weighted by Gasteiger charge is -2.38. The number of primary amides is 1. The molecule has 123 valence electrons. The lowest BCUT2D eigenvalue weighted by molar-refractivity contribution is -0.128. The third kappa shape index (κ3) is 2.72. The lowest BCUT2D eigenvalue weighted by atomic mass is 9.67. The molecule has 1 radical (unpaired) electrons. The molecule has 3 N–H and O–H groups in total. The molecule has 6 heteroatoms. The first-order valence-electron chi connectivity index (χ1n) is 7.69. The summed E-state index contributed by atoms with van der Waals surface area (Å²) in [5.41, 5.74) is 4.18. The Bertz CT molecular complexity index is 649. The molecule has 0 bridgehead atoms. The van der Waals surface area contributed by atoms with Crippen LogP contribution < -0.4 is 10.6 Å². The number of anilines is 1. The van der Waals surface area contributed by atoms with Gasteiger partial charge in [-0.25, -0.2) is 4.39 Å². The fraction of sp³-hybridized carbons (Fsp3) is 0.471. The van der Waals surface area contributed by atoms with Gasteiger partial charge < -0.3 is 10.8 Å². The zero-order valence-corrected chi connectivity index (χ0v) is 13.0. The van der Waals surface area contributed by atoms with Crippen LogP contribution in [0.1, 0.15) is 32.6 Å². The lowest BCUT2D eigenvalue weighted by Crippen LogP contribution is -2.44. The van der Waals surface area contributed by atoms with Crippen molar-refractivity contribution in [1.82, 2.24) is 0 Å². The molecular weight excluding hydrogens is 299 g/mol. The minimum absolute atomic E-state index is 0.223. The molecular formula is C17H20FN2O3. The molecule has 1 saturated carbocycles. The maximum atomic E-state index is 13.5. The summed E-state index contributed by atoms with van der Waals surface area (Å²) in [5.74, 6) is -1.30. The number of amides is 2. The molecule has 2 fully saturated rings. The van der Waals surface area contributed by atoms with E-state index in [1.54, 1.807) is 19.4 Å². The van der Waals surface area contributed by atoms with Crippen molar-refractivity contribution in [1.29, 1.82) is 0 Å². The second-order valence-electron chi connectivity index (χ2n) is 6.82. The Labute approximate surface area is 134 Å². The predicted molar refractivity (Wildman–Crippen MR) is 82.7 cm³/mol. The molecule has 23 heavy (non-hydrogen) atoms. The first kappa shape index (κ1) is 15.9. The topological polar surface area (TPSA) is 83.6 Å². The van der Waals surface area contributed by atoms with Gasteiger partial charge >= 0.3 is 0 Å². The molecule has 1 aliphatic heterocycles. The monoisotopic (exact) mass is 319 g/mol. The van der Waals surface area contributed by atoms with Crippen molar-refractivity contribution in [3.63, 3.8) is 0 Å². The normalized spacial score (nSPS) is 34.1. The van der Waals surface area contributed by atoms with Gasteiger partial charge in [0.05, 0.1) is 11.0 Å². The SMILES string of the molecule is CC1(O)[CH]CC2(CC1)CC(C(N)=O)N(c1cccc(F)c1)C2=O. The van der Waals surface area contributed by atoms with Gasteiger partial charge in [-0.05, 0) is 57.2 Å². The van der Waals surface area contributed by atoms with Crippen LogP contribution in [0.2, 0.25) is 0 Å². The predicted octanol–water partition coefficient (Wildman–Crippen LogP) is 1.54. The zero-order valence-electron chi connectivity index (χ0n) is 13.0. The molecule has 3 rings (SSSR count). The van der Waals surface area contributed by atoms with Crippen LogP contribution in [0.3, 0.4) is 0 Å². The summed E-state index contributed by atoms with van der Waals surface area (Å²) in [6, 6.07) is 4.82. The summed E-state index contributed by atoms with van der Waals surface area (Å²) in [6.07, 6.45) is 3.33. The zero-order chi connectivity index (χ0) is 16.8. The smallest absolute Gasteiger partial charge is 0.240 e. The molecule has 0 aromatic heterocycles. The van der Waals surface area contributed by atoms with Crippen LogP contribution in [0.15, 0.2) is 24.3 Å². The van der Waals surface area contributed by atoms with Gasteiger partial charge in [-0.2, -0.15) is 0 Å². The summed E-state index contributed by atoms with van der Waals surface area (Å²) in [4.78, 5) is 26.2. The molecule has 1 aromatic rings. The number of hydrogen-bond donors (Lipinski definition) is 2. The molecule has 1 aromatic carbocycles. The third-order valence-electron chi connectivity index (χ3n) is 5.03. The van der Waals surface area contributed by atoms with Gasteiger partial charge in [-0.1, -0.05) is 6.07 Å². The van der Waals surface area contributed by atoms with E-state index in [9.17, 15) is 19.1 Å². The van der Waals surface area contributed by atoms with Crippen LogP contribution in [0.5, 0.6) is 0 Å². The van der Waals surface area contributed by atoms with Crippen LogP contribution in [-0.4, -0.2) is 28.6 Å². The van der Waals surface area contributed by atoms with Crippen LogP contribution in [0.4, 0.5) is 10.1 Å². The minimum Gasteiger partial charge on any atom is -0.390 e. The number of carbonyl (C=O) groups excluding carboxylic acids is 2. The number of benzene rings is 1. The van der Waals surface area contributed by atoms with Crippen LogP contribution in [0.25, 0.3) is 0 Å². The van der Waals surface area contributed by atoms with Gasteiger partial charge in [0.15, 0.2) is 0 Å². The Kier molecular flexibility index (Phi) is 3.67. The van der Waals surface area contributed by atoms with E-state index >= 15 is 0 Å². The van der Waals surface area contributed by atoms with Crippen molar-refractivity contribution < 1.29 is 19.1 Å². The van der Waals surface area contributed by atoms with Crippen molar-refractivity contribution >= 4 is 17.5 Å². The Balaban J connectivity index is 1.96. The second-order valence-corrected chi connectivity index (χ2v) is 6.82. The number of halogens is 1. The summed E-state index contributed by atoms with van der Waals surface area (Å²) >= 11 is 0. The first-order valence-corrected chi connectivity index (χ1v) is 7.69. The van der Waals surface area contributed by atoms with E-state index in [1.165, 1.54) is 23.1 Å². The van der Waals surface area contributed by atoms with Gasteiger partial charge in [-0.3, -0.25) is 14.5 Å². The average molecular weight is 319 g/mol. The molecule has 1 spiro atoms. The number of hydrogen-bond acceptors (Lipinski definition) is 3. The molecule has 2 amide bonds. The van der Waals surface area contributed by atoms with E-state index in [4.69, 9.17) is 5.73 Å². The van der Waals surface area contributed by atoms with Crippen molar-refractivity contribution in [2.24, 2.45) is 11.1 Å². The van der Waals surface area contributed by atoms with Gasteiger partial charge in [0, 0.05) is 5.69 Å². The van der Waals surface area contributed by atoms with Gasteiger partial charge in [-0.15, -0.1) is 0 Å². The molecule has 2 aliphatic rings. The van der Waals surface area contributed by atoms with Crippen molar-refractivity contribution in [2.75, 3.05) is 4.90 Å². The van der Waals surface area contributed by atoms with Crippen LogP contribution in [0, 0.1) is 17.7 Å². The number of carbonyl (C=O) groups is 2. The Hall–Kier alpha value is -1.95. The first-order chi connectivity index (χ1) is 10.7. The van der Waals surface area contributed by atoms with Crippen molar-refractivity contribution in [3.05, 3.63) is 36.5 Å². The van der Waals surface area contributed by atoms with E-state index in [0.717, 1.165) is 0 Å². The molecule has 1 aliphatic carbocycles. The highest BCUT2D eigenvalue weighted by molar-refractivity contribution is 6.06. The number of nitrogens with zero attached hydrogens (tertiary/aromatic N) is 1. The highest BCUT2D eigenvalue weighted by atomic mass is 19.1. The average Bonchev–Trinajstić information content (AvgIpc) is 2.76. The van der Waals surface area contributed by atoms with E-state index in [1.807, 2.05) is 0 Å². The maximum Gasteiger partial charge on any atom is 0.240 e. The summed E-state index contributed by atoms with van der Waals surface area (Å²) in [5, 5.41) is 10.1. The summed E-state index contributed by atoms with van der Waals surface area (Å²) in [6.45, 7) is 1.70. The molecule has 5 nitrogen and oxygen atoms in total. The van der Waals surface area contributed by atoms with Crippen molar-refractivity contribution in [3.8, 4) is 0 Å². The Morgan fingerprint density at radius 1 is 1.43 bits per heavy atom. The van der Waals surface area contributed by atoms with E-state index in [0.29, 0.717) is 31.4 Å². The molecule has 1 heterocycles.